The average Bonchev–Trinajstić information content (AvgIpc) is 2.80. The normalized spacial score (nSPS) is 21.2. The lowest BCUT2D eigenvalue weighted by molar-refractivity contribution is -0.535. The predicted molar refractivity (Wildman–Crippen MR) is 89.1 cm³/mol. The van der Waals surface area contributed by atoms with Crippen molar-refractivity contribution in [2.45, 2.75) is 64.5 Å². The fourth-order valence-electron chi connectivity index (χ4n) is 2.74. The van der Waals surface area contributed by atoms with Crippen LogP contribution in [-0.2, 0) is 0 Å². The minimum atomic E-state index is -0.615. The molecule has 1 aliphatic rings. The molecule has 2 rings (SSSR count). The number of hydrogen-bond acceptors (Lipinski definition) is 2. The third-order valence-corrected chi connectivity index (χ3v) is 4.15. The van der Waals surface area contributed by atoms with E-state index in [4.69, 9.17) is 0 Å². The van der Waals surface area contributed by atoms with E-state index >= 15 is 0 Å². The highest BCUT2D eigenvalue weighted by molar-refractivity contribution is 6.37. The maximum absolute atomic E-state index is 12.2. The number of rotatable bonds is 8. The molecule has 0 aromatic heterocycles. The van der Waals surface area contributed by atoms with Gasteiger partial charge in [-0.25, -0.2) is 4.99 Å². The minimum absolute atomic E-state index is 0.615. The van der Waals surface area contributed by atoms with Gasteiger partial charge in [0, 0.05) is 18.9 Å². The van der Waals surface area contributed by atoms with Crippen molar-refractivity contribution in [1.29, 1.82) is 0 Å². The summed E-state index contributed by atoms with van der Waals surface area (Å²) in [6, 6.07) is 9.93. The Labute approximate surface area is 128 Å². The maximum atomic E-state index is 12.2. The van der Waals surface area contributed by atoms with Crippen LogP contribution < -0.4 is 0 Å². The number of nitrogens with zero attached hydrogens (tertiary/aromatic N) is 2. The van der Waals surface area contributed by atoms with Gasteiger partial charge in [0.2, 0.25) is 6.21 Å². The number of benzene rings is 1. The monoisotopic (exact) mass is 286 g/mol. The van der Waals surface area contributed by atoms with Gasteiger partial charge in [-0.2, -0.15) is 4.74 Å². The van der Waals surface area contributed by atoms with Gasteiger partial charge < -0.3 is 5.21 Å². The summed E-state index contributed by atoms with van der Waals surface area (Å²) in [5, 5.41) is 12.2. The van der Waals surface area contributed by atoms with Crippen LogP contribution in [-0.4, -0.2) is 22.3 Å². The summed E-state index contributed by atoms with van der Waals surface area (Å²) in [6.07, 6.45) is 9.88. The van der Waals surface area contributed by atoms with Gasteiger partial charge >= 0.3 is 0 Å². The number of hydroxylamine groups is 1. The molecule has 1 aromatic rings. The van der Waals surface area contributed by atoms with Crippen molar-refractivity contribution < 1.29 is 4.74 Å². The highest BCUT2D eigenvalue weighted by Crippen LogP contribution is 2.25. The van der Waals surface area contributed by atoms with Gasteiger partial charge in [0.25, 0.3) is 5.66 Å². The van der Waals surface area contributed by atoms with Gasteiger partial charge in [0.1, 0.15) is 5.71 Å². The first kappa shape index (κ1) is 15.7. The van der Waals surface area contributed by atoms with Crippen molar-refractivity contribution in [3.63, 3.8) is 0 Å². The first-order valence-electron chi connectivity index (χ1n) is 8.12. The molecule has 1 atom stereocenters. The summed E-state index contributed by atoms with van der Waals surface area (Å²) >= 11 is 0. The Morgan fingerprint density at radius 2 is 1.71 bits per heavy atom. The van der Waals surface area contributed by atoms with E-state index in [-0.39, 0.29) is 0 Å². The Morgan fingerprint density at radius 1 is 1.05 bits per heavy atom. The summed E-state index contributed by atoms with van der Waals surface area (Å²) in [6.45, 7) is 4.17. The van der Waals surface area contributed by atoms with Crippen LogP contribution in [0.4, 0.5) is 0 Å². The molecule has 0 saturated carbocycles. The van der Waals surface area contributed by atoms with Gasteiger partial charge in [-0.05, 0) is 6.42 Å². The zero-order chi connectivity index (χ0) is 15.1. The van der Waals surface area contributed by atoms with Crippen LogP contribution in [0.2, 0.25) is 0 Å². The average molecular weight is 286 g/mol. The Balaban J connectivity index is 1.90. The Hall–Kier alpha value is -1.64. The lowest BCUT2D eigenvalue weighted by Gasteiger charge is -2.20. The van der Waals surface area contributed by atoms with E-state index in [1.807, 2.05) is 37.3 Å². The van der Waals surface area contributed by atoms with E-state index in [2.05, 4.69) is 11.9 Å². The largest absolute Gasteiger partial charge is 0.622 e. The minimum Gasteiger partial charge on any atom is -0.622 e. The van der Waals surface area contributed by atoms with Crippen LogP contribution in [0.15, 0.2) is 35.3 Å². The second-order valence-corrected chi connectivity index (χ2v) is 6.05. The Morgan fingerprint density at radius 3 is 2.43 bits per heavy atom. The fraction of sp³-hybridized carbons (Fsp3) is 0.556. The predicted octanol–water partition coefficient (Wildman–Crippen LogP) is 4.54. The molecule has 1 heterocycles. The van der Waals surface area contributed by atoms with Gasteiger partial charge in [-0.3, -0.25) is 0 Å². The van der Waals surface area contributed by atoms with Gasteiger partial charge in [0.15, 0.2) is 0 Å². The Bertz CT molecular complexity index is 507. The summed E-state index contributed by atoms with van der Waals surface area (Å²) < 4.78 is 1.03. The first-order valence-corrected chi connectivity index (χ1v) is 8.12. The molecule has 0 N–H and O–H groups in total. The van der Waals surface area contributed by atoms with E-state index < -0.39 is 5.66 Å². The van der Waals surface area contributed by atoms with Crippen molar-refractivity contribution >= 4 is 11.9 Å². The van der Waals surface area contributed by atoms with Gasteiger partial charge in [-0.1, -0.05) is 69.4 Å². The van der Waals surface area contributed by atoms with Gasteiger partial charge in [0.05, 0.1) is 0 Å². The van der Waals surface area contributed by atoms with Crippen molar-refractivity contribution in [1.82, 2.24) is 0 Å². The highest BCUT2D eigenvalue weighted by Gasteiger charge is 2.37. The zero-order valence-corrected chi connectivity index (χ0v) is 13.2. The molecule has 0 aliphatic carbocycles. The van der Waals surface area contributed by atoms with Crippen molar-refractivity contribution in [2.24, 2.45) is 4.99 Å². The summed E-state index contributed by atoms with van der Waals surface area (Å²) in [5.41, 5.74) is 1.21. The molecule has 1 aliphatic heterocycles. The third kappa shape index (κ3) is 4.16. The summed E-state index contributed by atoms with van der Waals surface area (Å²) in [4.78, 5) is 4.68. The molecule has 0 unspecified atom stereocenters. The number of hydrogen-bond donors (Lipinski definition) is 0. The summed E-state index contributed by atoms with van der Waals surface area (Å²) in [5.74, 6) is 0. The quantitative estimate of drug-likeness (QED) is 0.393. The third-order valence-electron chi connectivity index (χ3n) is 4.15. The van der Waals surface area contributed by atoms with Gasteiger partial charge in [-0.15, -0.1) is 0 Å². The molecule has 3 heteroatoms. The molecule has 0 bridgehead atoms. The lowest BCUT2D eigenvalue weighted by atomic mass is 10.0. The molecule has 0 saturated heterocycles. The second-order valence-electron chi connectivity index (χ2n) is 6.05. The van der Waals surface area contributed by atoms with E-state index in [1.165, 1.54) is 32.1 Å². The lowest BCUT2D eigenvalue weighted by Crippen LogP contribution is -2.30. The van der Waals surface area contributed by atoms with Crippen molar-refractivity contribution in [3.05, 3.63) is 41.1 Å². The second kappa shape index (κ2) is 7.39. The van der Waals surface area contributed by atoms with Crippen molar-refractivity contribution in [3.8, 4) is 0 Å². The number of unbranched alkanes of at least 4 members (excludes halogenated alkanes) is 5. The number of aliphatic imine (C=N–C) groups is 1. The van der Waals surface area contributed by atoms with Crippen LogP contribution in [0, 0.1) is 5.21 Å². The van der Waals surface area contributed by atoms with Crippen molar-refractivity contribution in [2.75, 3.05) is 0 Å². The molecule has 0 spiro atoms. The molecule has 1 aromatic carbocycles. The molecule has 21 heavy (non-hydrogen) atoms. The fourth-order valence-corrected chi connectivity index (χ4v) is 2.74. The van der Waals surface area contributed by atoms with Crippen LogP contribution in [0.3, 0.4) is 0 Å². The van der Waals surface area contributed by atoms with Crippen LogP contribution in [0.25, 0.3) is 0 Å². The molecule has 0 radical (unpaired) electrons. The van der Waals surface area contributed by atoms with E-state index in [9.17, 15) is 5.21 Å². The highest BCUT2D eigenvalue weighted by atomic mass is 16.5. The maximum Gasteiger partial charge on any atom is 0.263 e. The van der Waals surface area contributed by atoms with E-state index in [0.717, 1.165) is 28.9 Å². The smallest absolute Gasteiger partial charge is 0.263 e. The van der Waals surface area contributed by atoms with Crippen LogP contribution >= 0.6 is 0 Å². The van der Waals surface area contributed by atoms with Crippen LogP contribution in [0.5, 0.6) is 0 Å². The van der Waals surface area contributed by atoms with E-state index in [0.29, 0.717) is 0 Å². The molecular formula is C18H26N2O. The van der Waals surface area contributed by atoms with Crippen LogP contribution in [0.1, 0.15) is 64.4 Å². The molecule has 0 amide bonds. The SMILES string of the molecule is CCCCCCCC[C@@]1(C)N=C(c2ccccc2)C=[N+]1[O-]. The Kier molecular flexibility index (Phi) is 5.54. The summed E-state index contributed by atoms with van der Waals surface area (Å²) in [7, 11) is 0. The molecule has 0 fully saturated rings. The zero-order valence-electron chi connectivity index (χ0n) is 13.2. The molecule has 3 nitrogen and oxygen atoms in total. The molecular weight excluding hydrogens is 260 g/mol. The first-order chi connectivity index (χ1) is 10.2. The standard InChI is InChI=1S/C18H26N2O/c1-3-4-5-6-7-11-14-18(2)19-17(15-20(18)21)16-12-9-8-10-13-16/h8-10,12-13,15H,3-7,11,14H2,1-2H3/t18-/m0/s1. The molecule has 114 valence electrons. The topological polar surface area (TPSA) is 38.4 Å². The van der Waals surface area contributed by atoms with E-state index in [1.54, 1.807) is 6.21 Å².